The van der Waals surface area contributed by atoms with Gasteiger partial charge in [-0.3, -0.25) is 9.69 Å². The maximum Gasteiger partial charge on any atom is 0.233 e. The van der Waals surface area contributed by atoms with E-state index >= 15 is 0 Å². The van der Waals surface area contributed by atoms with Crippen LogP contribution in [0.15, 0.2) is 24.3 Å². The van der Waals surface area contributed by atoms with Crippen LogP contribution in [-0.4, -0.2) is 56.6 Å². The number of anilines is 1. The largest absolute Gasteiger partial charge is 0.368 e. The minimum absolute atomic E-state index is 0. The van der Waals surface area contributed by atoms with Crippen molar-refractivity contribution in [2.75, 3.05) is 50.7 Å². The van der Waals surface area contributed by atoms with Crippen molar-refractivity contribution in [2.45, 2.75) is 6.42 Å². The van der Waals surface area contributed by atoms with Crippen molar-refractivity contribution < 1.29 is 4.79 Å². The van der Waals surface area contributed by atoms with Crippen LogP contribution in [0.1, 0.15) is 6.42 Å². The molecule has 24 heavy (non-hydrogen) atoms. The molecule has 1 aromatic rings. The summed E-state index contributed by atoms with van der Waals surface area (Å²) in [6.45, 7) is 5.78. The number of hydrogen-bond acceptors (Lipinski definition) is 4. The lowest BCUT2D eigenvalue weighted by atomic mass is 10.2. The minimum Gasteiger partial charge on any atom is -0.368 e. The van der Waals surface area contributed by atoms with Crippen molar-refractivity contribution in [3.8, 4) is 0 Å². The molecule has 0 bridgehead atoms. The van der Waals surface area contributed by atoms with Crippen LogP contribution in [0.2, 0.25) is 5.02 Å². The summed E-state index contributed by atoms with van der Waals surface area (Å²) >= 11 is 6.23. The second-order valence-corrected chi connectivity index (χ2v) is 5.59. The molecule has 1 fully saturated rings. The Morgan fingerprint density at radius 2 is 1.75 bits per heavy atom. The SMILES string of the molecule is Cl.Cl.Cl.NCC(=O)NCCCN1CCN(c2ccccc2Cl)CC1. The summed E-state index contributed by atoms with van der Waals surface area (Å²) in [5.41, 5.74) is 6.36. The van der Waals surface area contributed by atoms with E-state index in [1.165, 1.54) is 0 Å². The maximum absolute atomic E-state index is 11.0. The van der Waals surface area contributed by atoms with Gasteiger partial charge in [-0.05, 0) is 25.1 Å². The summed E-state index contributed by atoms with van der Waals surface area (Å²) in [4.78, 5) is 15.8. The number of amides is 1. The van der Waals surface area contributed by atoms with E-state index in [4.69, 9.17) is 17.3 Å². The first-order valence-corrected chi connectivity index (χ1v) is 7.77. The van der Waals surface area contributed by atoms with Crippen LogP contribution in [-0.2, 0) is 4.79 Å². The van der Waals surface area contributed by atoms with Crippen molar-refractivity contribution in [1.82, 2.24) is 10.2 Å². The van der Waals surface area contributed by atoms with Gasteiger partial charge in [-0.2, -0.15) is 0 Å². The number of para-hydroxylation sites is 1. The molecule has 9 heteroatoms. The molecular formula is C15H26Cl4N4O. The van der Waals surface area contributed by atoms with Crippen LogP contribution < -0.4 is 16.0 Å². The Labute approximate surface area is 167 Å². The van der Waals surface area contributed by atoms with Gasteiger partial charge in [-0.25, -0.2) is 0 Å². The van der Waals surface area contributed by atoms with Gasteiger partial charge in [0.25, 0.3) is 0 Å². The Morgan fingerprint density at radius 1 is 1.12 bits per heavy atom. The van der Waals surface area contributed by atoms with Crippen LogP contribution in [0.4, 0.5) is 5.69 Å². The summed E-state index contributed by atoms with van der Waals surface area (Å²) in [5.74, 6) is -0.0847. The highest BCUT2D eigenvalue weighted by Gasteiger charge is 2.18. The van der Waals surface area contributed by atoms with Gasteiger partial charge in [0.05, 0.1) is 17.3 Å². The van der Waals surface area contributed by atoms with Gasteiger partial charge in [-0.1, -0.05) is 23.7 Å². The predicted octanol–water partition coefficient (Wildman–Crippen LogP) is 2.19. The Balaban J connectivity index is 0. The molecule has 3 N–H and O–H groups in total. The first-order valence-electron chi connectivity index (χ1n) is 7.39. The third-order valence-corrected chi connectivity index (χ3v) is 4.04. The zero-order valence-electron chi connectivity index (χ0n) is 13.4. The smallest absolute Gasteiger partial charge is 0.233 e. The van der Waals surface area contributed by atoms with Gasteiger partial charge in [0, 0.05) is 32.7 Å². The van der Waals surface area contributed by atoms with Crippen molar-refractivity contribution in [2.24, 2.45) is 5.73 Å². The van der Waals surface area contributed by atoms with Crippen molar-refractivity contribution >= 4 is 60.4 Å². The van der Waals surface area contributed by atoms with E-state index < -0.39 is 0 Å². The third kappa shape index (κ3) is 8.10. The Bertz CT molecular complexity index is 471. The number of hydrogen-bond donors (Lipinski definition) is 2. The highest BCUT2D eigenvalue weighted by atomic mass is 35.5. The Morgan fingerprint density at radius 3 is 2.33 bits per heavy atom. The lowest BCUT2D eigenvalue weighted by Crippen LogP contribution is -2.47. The topological polar surface area (TPSA) is 61.6 Å². The van der Waals surface area contributed by atoms with E-state index in [0.29, 0.717) is 6.54 Å². The third-order valence-electron chi connectivity index (χ3n) is 3.72. The normalized spacial score (nSPS) is 14.0. The van der Waals surface area contributed by atoms with Gasteiger partial charge >= 0.3 is 0 Å². The van der Waals surface area contributed by atoms with Gasteiger partial charge in [0.1, 0.15) is 0 Å². The van der Waals surface area contributed by atoms with Crippen LogP contribution in [0.25, 0.3) is 0 Å². The summed E-state index contributed by atoms with van der Waals surface area (Å²) in [7, 11) is 0. The number of rotatable bonds is 6. The monoisotopic (exact) mass is 418 g/mol. The number of nitrogens with two attached hydrogens (primary N) is 1. The van der Waals surface area contributed by atoms with E-state index in [9.17, 15) is 4.79 Å². The molecule has 140 valence electrons. The van der Waals surface area contributed by atoms with Crippen LogP contribution >= 0.6 is 48.8 Å². The molecule has 0 aliphatic carbocycles. The average molecular weight is 420 g/mol. The molecule has 0 saturated carbocycles. The zero-order chi connectivity index (χ0) is 15.1. The molecule has 0 aromatic heterocycles. The molecule has 5 nitrogen and oxygen atoms in total. The summed E-state index contributed by atoms with van der Waals surface area (Å²) < 4.78 is 0. The fraction of sp³-hybridized carbons (Fsp3) is 0.533. The van der Waals surface area contributed by atoms with Crippen LogP contribution in [0.5, 0.6) is 0 Å². The molecule has 1 saturated heterocycles. The van der Waals surface area contributed by atoms with Crippen molar-refractivity contribution in [3.63, 3.8) is 0 Å². The zero-order valence-corrected chi connectivity index (χ0v) is 16.7. The van der Waals surface area contributed by atoms with Crippen molar-refractivity contribution in [3.05, 3.63) is 29.3 Å². The van der Waals surface area contributed by atoms with Crippen LogP contribution in [0.3, 0.4) is 0 Å². The standard InChI is InChI=1S/C15H23ClN4O.3ClH/c16-13-4-1-2-5-14(13)20-10-8-19(9-11-20)7-3-6-18-15(21)12-17;;;/h1-2,4-5H,3,6-12,17H2,(H,18,21);3*1H. The number of carbonyl (C=O) groups is 1. The van der Waals surface area contributed by atoms with Gasteiger partial charge in [0.2, 0.25) is 5.91 Å². The van der Waals surface area contributed by atoms with E-state index in [1.807, 2.05) is 18.2 Å². The molecule has 0 spiro atoms. The van der Waals surface area contributed by atoms with E-state index in [1.54, 1.807) is 0 Å². The van der Waals surface area contributed by atoms with E-state index in [2.05, 4.69) is 21.2 Å². The van der Waals surface area contributed by atoms with Gasteiger partial charge < -0.3 is 16.0 Å². The highest BCUT2D eigenvalue weighted by molar-refractivity contribution is 6.33. The molecule has 1 aromatic carbocycles. The maximum atomic E-state index is 11.0. The molecule has 1 heterocycles. The lowest BCUT2D eigenvalue weighted by Gasteiger charge is -2.36. The number of carbonyl (C=O) groups excluding carboxylic acids is 1. The summed E-state index contributed by atoms with van der Waals surface area (Å²) in [6, 6.07) is 7.98. The van der Waals surface area contributed by atoms with E-state index in [0.717, 1.165) is 49.9 Å². The summed E-state index contributed by atoms with van der Waals surface area (Å²) in [5, 5.41) is 3.61. The Kier molecular flexibility index (Phi) is 14.9. The number of benzene rings is 1. The molecule has 0 radical (unpaired) electrons. The first-order chi connectivity index (χ1) is 10.2. The lowest BCUT2D eigenvalue weighted by molar-refractivity contribution is -0.119. The summed E-state index contributed by atoms with van der Waals surface area (Å²) in [6.07, 6.45) is 0.956. The number of piperazine rings is 1. The van der Waals surface area contributed by atoms with E-state index in [-0.39, 0.29) is 49.7 Å². The average Bonchev–Trinajstić information content (AvgIpc) is 2.52. The molecular weight excluding hydrogens is 394 g/mol. The molecule has 1 amide bonds. The first kappa shape index (κ1) is 25.8. The molecule has 2 rings (SSSR count). The fourth-order valence-corrected chi connectivity index (χ4v) is 2.78. The highest BCUT2D eigenvalue weighted by Crippen LogP contribution is 2.25. The molecule has 0 atom stereocenters. The second-order valence-electron chi connectivity index (χ2n) is 5.19. The minimum atomic E-state index is -0.0847. The van der Waals surface area contributed by atoms with Crippen LogP contribution in [0, 0.1) is 0 Å². The van der Waals surface area contributed by atoms with Crippen molar-refractivity contribution in [1.29, 1.82) is 0 Å². The predicted molar refractivity (Wildman–Crippen MR) is 109 cm³/mol. The number of nitrogens with zero attached hydrogens (tertiary/aromatic N) is 2. The molecule has 1 aliphatic heterocycles. The fourth-order valence-electron chi connectivity index (χ4n) is 2.52. The second kappa shape index (κ2) is 13.8. The molecule has 1 aliphatic rings. The number of nitrogens with one attached hydrogen (secondary N) is 1. The Hall–Kier alpha value is -0.430. The van der Waals surface area contributed by atoms with Gasteiger partial charge in [0.15, 0.2) is 0 Å². The molecule has 0 unspecified atom stereocenters. The van der Waals surface area contributed by atoms with Gasteiger partial charge in [-0.15, -0.1) is 37.2 Å². The quantitative estimate of drug-likeness (QED) is 0.693. The number of halogens is 4.